The second-order valence-electron chi connectivity index (χ2n) is 12.6. The van der Waals surface area contributed by atoms with Gasteiger partial charge in [0, 0.05) is 17.7 Å². The largest absolute Gasteiger partial charge is 0.493 e. The normalized spacial score (nSPS) is 11.9. The Kier molecular flexibility index (Phi) is 10.1. The van der Waals surface area contributed by atoms with Gasteiger partial charge in [0.05, 0.1) is 18.0 Å². The number of rotatable bonds is 13. The predicted octanol–water partition coefficient (Wildman–Crippen LogP) is 8.95. The molecular formula is C37H46FN3O2. The molecule has 5 nitrogen and oxygen atoms in total. The first kappa shape index (κ1) is 32.0. The van der Waals surface area contributed by atoms with E-state index in [-0.39, 0.29) is 22.6 Å². The summed E-state index contributed by atoms with van der Waals surface area (Å²) in [5.41, 5.74) is 5.68. The Labute approximate surface area is 256 Å². The third-order valence-corrected chi connectivity index (χ3v) is 8.74. The van der Waals surface area contributed by atoms with E-state index in [1.54, 1.807) is 28.9 Å². The Bertz CT molecular complexity index is 1540. The Morgan fingerprint density at radius 1 is 0.907 bits per heavy atom. The molecule has 4 aromatic rings. The minimum Gasteiger partial charge on any atom is -0.493 e. The van der Waals surface area contributed by atoms with Crippen LogP contribution in [-0.2, 0) is 10.8 Å². The molecule has 0 bridgehead atoms. The van der Waals surface area contributed by atoms with Crippen LogP contribution in [0.1, 0.15) is 94.4 Å². The van der Waals surface area contributed by atoms with Crippen molar-refractivity contribution in [2.45, 2.75) is 85.0 Å². The number of nitrogens with zero attached hydrogens (tertiary/aromatic N) is 2. The molecule has 43 heavy (non-hydrogen) atoms. The Morgan fingerprint density at radius 2 is 1.60 bits per heavy atom. The summed E-state index contributed by atoms with van der Waals surface area (Å²) >= 11 is 0. The Balaban J connectivity index is 1.41. The molecule has 0 aliphatic rings. The van der Waals surface area contributed by atoms with E-state index < -0.39 is 0 Å². The smallest absolute Gasteiger partial charge is 0.270 e. The van der Waals surface area contributed by atoms with Gasteiger partial charge in [0.1, 0.15) is 17.3 Å². The number of hydrogen-bond acceptors (Lipinski definition) is 3. The molecule has 1 N–H and O–H groups in total. The number of nitrogens with one attached hydrogen (secondary N) is 1. The molecular weight excluding hydrogens is 537 g/mol. The second-order valence-corrected chi connectivity index (χ2v) is 12.6. The highest BCUT2D eigenvalue weighted by Gasteiger charge is 2.26. The van der Waals surface area contributed by atoms with Crippen LogP contribution < -0.4 is 10.1 Å². The van der Waals surface area contributed by atoms with Gasteiger partial charge in [0.15, 0.2) is 0 Å². The van der Waals surface area contributed by atoms with E-state index in [2.05, 4.69) is 70.2 Å². The summed E-state index contributed by atoms with van der Waals surface area (Å²) in [5, 5.41) is 7.64. The third-order valence-electron chi connectivity index (χ3n) is 8.74. The maximum atomic E-state index is 14.6. The van der Waals surface area contributed by atoms with E-state index >= 15 is 0 Å². The first-order valence-electron chi connectivity index (χ1n) is 15.4. The standard InChI is InChI=1S/C37H46FN3O2/c1-8-36(4,5)27-18-21-34(30(24-27)37(6,7)9-2)43-23-13-12-22-39-35(42)33-25-32(29-14-10-11-15-31(29)38)40-41(33)28-19-16-26(3)17-20-28/h10-11,14-21,24-25H,8-9,12-13,22-23H2,1-7H3,(H,39,42). The number of carbonyl (C=O) groups is 1. The topological polar surface area (TPSA) is 56.1 Å². The summed E-state index contributed by atoms with van der Waals surface area (Å²) in [6, 6.07) is 22.5. The van der Waals surface area contributed by atoms with Gasteiger partial charge in [-0.15, -0.1) is 0 Å². The molecule has 0 spiro atoms. The number of carbonyl (C=O) groups excluding carboxylic acids is 1. The fourth-order valence-corrected chi connectivity index (χ4v) is 4.93. The highest BCUT2D eigenvalue weighted by atomic mass is 19.1. The van der Waals surface area contributed by atoms with Crippen molar-refractivity contribution < 1.29 is 13.9 Å². The number of halogens is 1. The molecule has 0 radical (unpaired) electrons. The number of hydrogen-bond donors (Lipinski definition) is 1. The van der Waals surface area contributed by atoms with Crippen molar-refractivity contribution in [2.24, 2.45) is 0 Å². The molecule has 0 unspecified atom stereocenters. The monoisotopic (exact) mass is 583 g/mol. The van der Waals surface area contributed by atoms with Crippen LogP contribution in [0.5, 0.6) is 5.75 Å². The number of amides is 1. The lowest BCUT2D eigenvalue weighted by Gasteiger charge is -2.30. The second kappa shape index (κ2) is 13.6. The number of aromatic nitrogens is 2. The van der Waals surface area contributed by atoms with E-state index in [4.69, 9.17) is 4.74 Å². The lowest BCUT2D eigenvalue weighted by molar-refractivity contribution is 0.0944. The average molecular weight is 584 g/mol. The molecule has 0 fully saturated rings. The molecule has 1 heterocycles. The lowest BCUT2D eigenvalue weighted by Crippen LogP contribution is -2.27. The SMILES string of the molecule is CCC(C)(C)c1ccc(OCCCCNC(=O)c2cc(-c3ccccc3F)nn2-c2ccc(C)cc2)c(C(C)(C)CC)c1. The Morgan fingerprint density at radius 3 is 2.28 bits per heavy atom. The third kappa shape index (κ3) is 7.54. The van der Waals surface area contributed by atoms with Crippen LogP contribution in [0.15, 0.2) is 72.8 Å². The first-order valence-corrected chi connectivity index (χ1v) is 15.4. The highest BCUT2D eigenvalue weighted by Crippen LogP contribution is 2.38. The summed E-state index contributed by atoms with van der Waals surface area (Å²) in [4.78, 5) is 13.3. The van der Waals surface area contributed by atoms with Crippen molar-refractivity contribution in [2.75, 3.05) is 13.2 Å². The zero-order valence-corrected chi connectivity index (χ0v) is 26.8. The zero-order valence-electron chi connectivity index (χ0n) is 26.8. The van der Waals surface area contributed by atoms with Crippen LogP contribution in [0, 0.1) is 12.7 Å². The molecule has 0 atom stereocenters. The number of unbranched alkanes of at least 4 members (excludes halogenated alkanes) is 1. The van der Waals surface area contributed by atoms with Crippen LogP contribution in [0.2, 0.25) is 0 Å². The van der Waals surface area contributed by atoms with Crippen molar-refractivity contribution in [1.82, 2.24) is 15.1 Å². The van der Waals surface area contributed by atoms with Crippen LogP contribution in [0.25, 0.3) is 16.9 Å². The van der Waals surface area contributed by atoms with Crippen molar-refractivity contribution >= 4 is 5.91 Å². The molecule has 1 aromatic heterocycles. The van der Waals surface area contributed by atoms with Gasteiger partial charge < -0.3 is 10.1 Å². The van der Waals surface area contributed by atoms with E-state index in [0.717, 1.165) is 42.7 Å². The predicted molar refractivity (Wildman–Crippen MR) is 174 cm³/mol. The van der Waals surface area contributed by atoms with Crippen molar-refractivity contribution in [3.05, 3.63) is 101 Å². The first-order chi connectivity index (χ1) is 20.5. The fraction of sp³-hybridized carbons (Fsp3) is 0.405. The van der Waals surface area contributed by atoms with Crippen molar-refractivity contribution in [1.29, 1.82) is 0 Å². The molecule has 3 aromatic carbocycles. The van der Waals surface area contributed by atoms with E-state index in [0.29, 0.717) is 30.1 Å². The zero-order chi connectivity index (χ0) is 31.2. The van der Waals surface area contributed by atoms with Gasteiger partial charge in [-0.05, 0) is 85.4 Å². The maximum Gasteiger partial charge on any atom is 0.270 e. The van der Waals surface area contributed by atoms with E-state index in [1.165, 1.54) is 17.2 Å². The summed E-state index contributed by atoms with van der Waals surface area (Å²) in [5.74, 6) is 0.309. The maximum absolute atomic E-state index is 14.6. The summed E-state index contributed by atoms with van der Waals surface area (Å²) in [6.45, 7) is 16.6. The van der Waals surface area contributed by atoms with Crippen LogP contribution >= 0.6 is 0 Å². The molecule has 6 heteroatoms. The quantitative estimate of drug-likeness (QED) is 0.160. The van der Waals surface area contributed by atoms with E-state index in [9.17, 15) is 9.18 Å². The lowest BCUT2D eigenvalue weighted by atomic mass is 9.76. The molecule has 0 aliphatic heterocycles. The van der Waals surface area contributed by atoms with Crippen molar-refractivity contribution in [3.8, 4) is 22.7 Å². The number of ether oxygens (including phenoxy) is 1. The van der Waals surface area contributed by atoms with E-state index in [1.807, 2.05) is 31.2 Å². The average Bonchev–Trinajstić information content (AvgIpc) is 3.44. The van der Waals surface area contributed by atoms with Gasteiger partial charge in [-0.25, -0.2) is 9.07 Å². The van der Waals surface area contributed by atoms with Gasteiger partial charge in [0.25, 0.3) is 5.91 Å². The summed E-state index contributed by atoms with van der Waals surface area (Å²) in [7, 11) is 0. The fourth-order valence-electron chi connectivity index (χ4n) is 4.93. The summed E-state index contributed by atoms with van der Waals surface area (Å²) in [6.07, 6.45) is 3.65. The van der Waals surface area contributed by atoms with Gasteiger partial charge in [-0.1, -0.05) is 83.5 Å². The van der Waals surface area contributed by atoms with Crippen LogP contribution in [0.4, 0.5) is 4.39 Å². The van der Waals surface area contributed by atoms with Gasteiger partial charge in [-0.2, -0.15) is 5.10 Å². The van der Waals surface area contributed by atoms with Gasteiger partial charge in [0.2, 0.25) is 0 Å². The van der Waals surface area contributed by atoms with Crippen LogP contribution in [0.3, 0.4) is 0 Å². The van der Waals surface area contributed by atoms with Crippen molar-refractivity contribution in [3.63, 3.8) is 0 Å². The minimum atomic E-state index is -0.378. The molecule has 228 valence electrons. The van der Waals surface area contributed by atoms with Crippen LogP contribution in [-0.4, -0.2) is 28.8 Å². The molecule has 0 saturated carbocycles. The van der Waals surface area contributed by atoms with Gasteiger partial charge in [-0.3, -0.25) is 4.79 Å². The highest BCUT2D eigenvalue weighted by molar-refractivity contribution is 5.94. The minimum absolute atomic E-state index is 0.00502. The molecule has 0 aliphatic carbocycles. The number of benzene rings is 3. The molecule has 4 rings (SSSR count). The summed E-state index contributed by atoms with van der Waals surface area (Å²) < 4.78 is 22.4. The molecule has 0 saturated heterocycles. The number of aryl methyl sites for hydroxylation is 1. The molecule has 1 amide bonds. The van der Waals surface area contributed by atoms with Gasteiger partial charge >= 0.3 is 0 Å². The Hall–Kier alpha value is -3.93.